The number of carbonyl (C=O) groups is 3. The second-order valence-corrected chi connectivity index (χ2v) is 11.4. The Balaban J connectivity index is 1.56. The molecule has 3 aromatic carbocycles. The largest absolute Gasteiger partial charge is 0.394 e. The van der Waals surface area contributed by atoms with E-state index in [0.29, 0.717) is 18.5 Å². The molecule has 222 valence electrons. The molecule has 0 saturated heterocycles. The Morgan fingerprint density at radius 1 is 1.05 bits per heavy atom. The van der Waals surface area contributed by atoms with Gasteiger partial charge in [0.15, 0.2) is 0 Å². The van der Waals surface area contributed by atoms with Crippen molar-refractivity contribution < 1.29 is 24.6 Å². The molecule has 0 aliphatic carbocycles. The number of benzene rings is 3. The number of hydrogen-bond donors (Lipinski definition) is 6. The van der Waals surface area contributed by atoms with Gasteiger partial charge >= 0.3 is 6.03 Å². The van der Waals surface area contributed by atoms with E-state index >= 15 is 0 Å². The zero-order chi connectivity index (χ0) is 30.4. The Bertz CT molecular complexity index is 1420. The van der Waals surface area contributed by atoms with Gasteiger partial charge in [-0.25, -0.2) is 4.79 Å². The van der Waals surface area contributed by atoms with Crippen molar-refractivity contribution in [2.45, 2.75) is 57.8 Å². The Labute approximate surface area is 245 Å². The van der Waals surface area contributed by atoms with Crippen molar-refractivity contribution >= 4 is 29.2 Å². The van der Waals surface area contributed by atoms with Gasteiger partial charge in [0.1, 0.15) is 6.04 Å². The first kappa shape index (κ1) is 30.7. The summed E-state index contributed by atoms with van der Waals surface area (Å²) < 4.78 is 0. The molecule has 8 N–H and O–H groups in total. The summed E-state index contributed by atoms with van der Waals surface area (Å²) in [6.07, 6.45) is 0.136. The van der Waals surface area contributed by atoms with Crippen molar-refractivity contribution in [1.29, 1.82) is 0 Å². The van der Waals surface area contributed by atoms with E-state index in [1.54, 1.807) is 24.8 Å². The van der Waals surface area contributed by atoms with Gasteiger partial charge in [0.05, 0.1) is 31.0 Å². The maximum Gasteiger partial charge on any atom is 0.316 e. The summed E-state index contributed by atoms with van der Waals surface area (Å²) in [4.78, 5) is 40.3. The highest BCUT2D eigenvalue weighted by atomic mass is 16.3. The second-order valence-electron chi connectivity index (χ2n) is 11.4. The van der Waals surface area contributed by atoms with Crippen molar-refractivity contribution in [1.82, 2.24) is 5.32 Å². The van der Waals surface area contributed by atoms with Crippen LogP contribution in [0.3, 0.4) is 0 Å². The van der Waals surface area contributed by atoms with Gasteiger partial charge in [-0.2, -0.15) is 0 Å². The number of hydrogen-bond acceptors (Lipinski definition) is 6. The molecule has 0 radical (unpaired) electrons. The van der Waals surface area contributed by atoms with E-state index in [9.17, 15) is 24.6 Å². The number of para-hydroxylation sites is 2. The van der Waals surface area contributed by atoms with Crippen LogP contribution >= 0.6 is 0 Å². The van der Waals surface area contributed by atoms with Gasteiger partial charge in [-0.05, 0) is 53.5 Å². The highest BCUT2D eigenvalue weighted by Crippen LogP contribution is 2.32. The predicted molar refractivity (Wildman–Crippen MR) is 162 cm³/mol. The third-order valence-corrected chi connectivity index (χ3v) is 7.75. The number of nitrogens with zero attached hydrogens (tertiary/aromatic N) is 1. The van der Waals surface area contributed by atoms with Crippen LogP contribution in [-0.4, -0.2) is 52.9 Å². The van der Waals surface area contributed by atoms with Crippen LogP contribution in [-0.2, 0) is 22.6 Å². The van der Waals surface area contributed by atoms with Crippen molar-refractivity contribution in [3.63, 3.8) is 0 Å². The van der Waals surface area contributed by atoms with Crippen molar-refractivity contribution in [2.24, 2.45) is 16.9 Å². The number of amides is 4. The third kappa shape index (κ3) is 7.14. The van der Waals surface area contributed by atoms with Crippen LogP contribution < -0.4 is 27.0 Å². The minimum absolute atomic E-state index is 0.132. The van der Waals surface area contributed by atoms with Gasteiger partial charge in [0.25, 0.3) is 0 Å². The molecule has 10 heteroatoms. The molecule has 3 aromatic rings. The van der Waals surface area contributed by atoms with E-state index in [0.717, 1.165) is 27.9 Å². The molecule has 4 amide bonds. The summed E-state index contributed by atoms with van der Waals surface area (Å²) in [6.45, 7) is 3.35. The summed E-state index contributed by atoms with van der Waals surface area (Å²) in [6, 6.07) is 20.3. The Hall–Kier alpha value is -4.25. The van der Waals surface area contributed by atoms with Crippen LogP contribution in [0, 0.1) is 5.41 Å². The standard InChI is InChI=1S/C32H39N5O5/c1-32(2,17-23(39)19-38)28(33)29(40)35-26-16-15-22-7-3-6-10-27(22)37(30(26)41)18-20-11-13-21(14-12-20)24-8-4-5-9-25(24)36-31(34)42/h3-14,23,26,28,38-39H,15-19,33H2,1-2H3,(H,35,40)(H3,34,36,42)/t23-,26+,28?/m0/s1. The monoisotopic (exact) mass is 573 g/mol. The number of aliphatic hydroxyl groups excluding tert-OH is 2. The third-order valence-electron chi connectivity index (χ3n) is 7.75. The summed E-state index contributed by atoms with van der Waals surface area (Å²) in [5.41, 5.74) is 15.8. The summed E-state index contributed by atoms with van der Waals surface area (Å²) in [5.74, 6) is -0.726. The smallest absolute Gasteiger partial charge is 0.316 e. The van der Waals surface area contributed by atoms with Crippen LogP contribution in [0.1, 0.15) is 37.8 Å². The molecule has 0 fully saturated rings. The lowest BCUT2D eigenvalue weighted by Gasteiger charge is -2.33. The van der Waals surface area contributed by atoms with Crippen molar-refractivity contribution in [2.75, 3.05) is 16.8 Å². The van der Waals surface area contributed by atoms with E-state index in [-0.39, 0.29) is 18.9 Å². The SMILES string of the molecule is CC(C)(C[C@H](O)CO)C(N)C(=O)N[C@@H]1CCc2ccccc2N(Cc2ccc(-c3ccccc3NC(N)=O)cc2)C1=O. The molecule has 10 nitrogen and oxygen atoms in total. The molecule has 1 aliphatic heterocycles. The minimum atomic E-state index is -0.998. The number of aliphatic hydroxyl groups is 2. The fraction of sp³-hybridized carbons (Fsp3) is 0.344. The van der Waals surface area contributed by atoms with E-state index in [1.165, 1.54) is 0 Å². The lowest BCUT2D eigenvalue weighted by atomic mass is 9.79. The number of urea groups is 1. The molecule has 3 atom stereocenters. The van der Waals surface area contributed by atoms with Gasteiger partial charge in [-0.3, -0.25) is 9.59 Å². The first-order chi connectivity index (χ1) is 20.0. The minimum Gasteiger partial charge on any atom is -0.394 e. The van der Waals surface area contributed by atoms with E-state index in [4.69, 9.17) is 11.5 Å². The molecule has 0 saturated carbocycles. The van der Waals surface area contributed by atoms with E-state index in [2.05, 4.69) is 10.6 Å². The molecular formula is C32H39N5O5. The van der Waals surface area contributed by atoms with Crippen LogP contribution in [0.25, 0.3) is 11.1 Å². The van der Waals surface area contributed by atoms with E-state index < -0.39 is 42.1 Å². The first-order valence-electron chi connectivity index (χ1n) is 14.0. The lowest BCUT2D eigenvalue weighted by Crippen LogP contribution is -2.56. The zero-order valence-corrected chi connectivity index (χ0v) is 23.9. The number of nitrogens with two attached hydrogens (primary N) is 2. The van der Waals surface area contributed by atoms with Gasteiger partial charge in [0, 0.05) is 11.3 Å². The average Bonchev–Trinajstić information content (AvgIpc) is 3.09. The predicted octanol–water partition coefficient (Wildman–Crippen LogP) is 2.91. The quantitative estimate of drug-likeness (QED) is 0.218. The number of nitrogens with one attached hydrogen (secondary N) is 2. The molecule has 0 bridgehead atoms. The van der Waals surface area contributed by atoms with Crippen LogP contribution in [0.2, 0.25) is 0 Å². The van der Waals surface area contributed by atoms with Crippen LogP contribution in [0.5, 0.6) is 0 Å². The Kier molecular flexibility index (Phi) is 9.62. The first-order valence-corrected chi connectivity index (χ1v) is 14.0. The van der Waals surface area contributed by atoms with Gasteiger partial charge < -0.3 is 37.2 Å². The van der Waals surface area contributed by atoms with Crippen molar-refractivity contribution in [3.05, 3.63) is 83.9 Å². The van der Waals surface area contributed by atoms with Gasteiger partial charge in [0.2, 0.25) is 11.8 Å². The molecular weight excluding hydrogens is 534 g/mol. The number of fused-ring (bicyclic) bond motifs is 1. The van der Waals surface area contributed by atoms with E-state index in [1.807, 2.05) is 66.7 Å². The maximum absolute atomic E-state index is 13.9. The number of anilines is 2. The van der Waals surface area contributed by atoms with Gasteiger partial charge in [-0.15, -0.1) is 0 Å². The molecule has 1 aliphatic rings. The summed E-state index contributed by atoms with van der Waals surface area (Å²) in [7, 11) is 0. The highest BCUT2D eigenvalue weighted by Gasteiger charge is 2.37. The number of carbonyl (C=O) groups excluding carboxylic acids is 3. The number of primary amides is 1. The highest BCUT2D eigenvalue weighted by molar-refractivity contribution is 6.01. The molecule has 42 heavy (non-hydrogen) atoms. The Morgan fingerprint density at radius 2 is 1.71 bits per heavy atom. The van der Waals surface area contributed by atoms with Gasteiger partial charge in [-0.1, -0.05) is 74.5 Å². The summed E-state index contributed by atoms with van der Waals surface area (Å²) >= 11 is 0. The molecule has 0 spiro atoms. The molecule has 0 aromatic heterocycles. The molecule has 1 heterocycles. The molecule has 1 unspecified atom stereocenters. The fourth-order valence-corrected chi connectivity index (χ4v) is 5.38. The maximum atomic E-state index is 13.9. The zero-order valence-electron chi connectivity index (χ0n) is 23.9. The Morgan fingerprint density at radius 3 is 2.40 bits per heavy atom. The van der Waals surface area contributed by atoms with Crippen LogP contribution in [0.15, 0.2) is 72.8 Å². The average molecular weight is 574 g/mol. The number of rotatable bonds is 10. The van der Waals surface area contributed by atoms with Crippen molar-refractivity contribution in [3.8, 4) is 11.1 Å². The summed E-state index contributed by atoms with van der Waals surface area (Å²) in [5, 5.41) is 24.7. The topological polar surface area (TPSA) is 171 Å². The number of aryl methyl sites for hydroxylation is 1. The normalized spacial score (nSPS) is 16.6. The lowest BCUT2D eigenvalue weighted by molar-refractivity contribution is -0.130. The fourth-order valence-electron chi connectivity index (χ4n) is 5.38. The second kappa shape index (κ2) is 13.2. The molecule has 4 rings (SSSR count). The van der Waals surface area contributed by atoms with Crippen LogP contribution in [0.4, 0.5) is 16.2 Å².